The van der Waals surface area contributed by atoms with Gasteiger partial charge in [-0.05, 0) is 86.8 Å². The van der Waals surface area contributed by atoms with Crippen LogP contribution in [0.15, 0.2) is 49.9 Å². The number of furan rings is 1. The highest BCUT2D eigenvalue weighted by molar-refractivity contribution is 9.10. The number of rotatable bonds is 4. The third kappa shape index (κ3) is 4.65. The highest BCUT2D eigenvalue weighted by Gasteiger charge is 2.33. The van der Waals surface area contributed by atoms with E-state index in [1.807, 2.05) is 62.2 Å². The molecule has 0 bridgehead atoms. The van der Waals surface area contributed by atoms with E-state index >= 15 is 0 Å². The van der Waals surface area contributed by atoms with E-state index in [1.165, 1.54) is 0 Å². The zero-order chi connectivity index (χ0) is 27.4. The molecule has 0 N–H and O–H groups in total. The van der Waals surface area contributed by atoms with Crippen LogP contribution in [0.4, 0.5) is 0 Å². The molecule has 200 valence electrons. The summed E-state index contributed by atoms with van der Waals surface area (Å²) in [7, 11) is 0. The molecule has 1 aliphatic heterocycles. The zero-order valence-corrected chi connectivity index (χ0v) is 24.2. The molecule has 39 heavy (non-hydrogen) atoms. The Hall–Kier alpha value is -3.50. The maximum Gasteiger partial charge on any atom is 0.259 e. The summed E-state index contributed by atoms with van der Waals surface area (Å²) in [5.74, 6) is 1.63. The Bertz CT molecular complexity index is 1720. The van der Waals surface area contributed by atoms with E-state index in [4.69, 9.17) is 20.5 Å². The summed E-state index contributed by atoms with van der Waals surface area (Å²) >= 11 is 9.75. The standard InChI is InChI=1S/C28H26BrClN6O3/c1-14-9-18(24-13-36(34-32-24)25-11-19(30)5-6-22(25)29)7-8-35(14)28(37)21-12-23(20-10-15(2)38-17(20)4)31-27-26(21)16(3)33-39-27/h5-6,10-14,18H,7-9H2,1-4H3. The van der Waals surface area contributed by atoms with Crippen LogP contribution < -0.4 is 0 Å². The molecular formula is C28H26BrClN6O3. The van der Waals surface area contributed by atoms with Crippen LogP contribution >= 0.6 is 27.5 Å². The number of amides is 1. The molecule has 2 unspecified atom stereocenters. The smallest absolute Gasteiger partial charge is 0.259 e. The van der Waals surface area contributed by atoms with Crippen molar-refractivity contribution in [3.8, 4) is 16.9 Å². The quantitative estimate of drug-likeness (QED) is 0.220. The number of piperidine rings is 1. The van der Waals surface area contributed by atoms with Crippen LogP contribution in [0.25, 0.3) is 28.0 Å². The van der Waals surface area contributed by atoms with Crippen molar-refractivity contribution in [1.82, 2.24) is 30.0 Å². The molecule has 1 saturated heterocycles. The lowest BCUT2D eigenvalue weighted by molar-refractivity contribution is 0.0616. The van der Waals surface area contributed by atoms with E-state index in [9.17, 15) is 4.79 Å². The number of benzene rings is 1. The first-order valence-corrected chi connectivity index (χ1v) is 13.9. The minimum Gasteiger partial charge on any atom is -0.466 e. The molecule has 1 aromatic carbocycles. The Balaban J connectivity index is 1.27. The number of likely N-dealkylation sites (tertiary alicyclic amines) is 1. The van der Waals surface area contributed by atoms with Crippen molar-refractivity contribution in [1.29, 1.82) is 0 Å². The van der Waals surface area contributed by atoms with Gasteiger partial charge in [-0.3, -0.25) is 4.79 Å². The lowest BCUT2D eigenvalue weighted by atomic mass is 9.88. The molecule has 0 saturated carbocycles. The molecule has 11 heteroatoms. The van der Waals surface area contributed by atoms with Crippen molar-refractivity contribution >= 4 is 44.5 Å². The van der Waals surface area contributed by atoms with Gasteiger partial charge in [-0.15, -0.1) is 5.10 Å². The molecule has 1 amide bonds. The monoisotopic (exact) mass is 608 g/mol. The summed E-state index contributed by atoms with van der Waals surface area (Å²) < 4.78 is 13.8. The molecule has 5 aromatic rings. The van der Waals surface area contributed by atoms with Gasteiger partial charge in [0.25, 0.3) is 11.6 Å². The van der Waals surface area contributed by atoms with Gasteiger partial charge >= 0.3 is 0 Å². The van der Waals surface area contributed by atoms with E-state index < -0.39 is 0 Å². The molecule has 2 atom stereocenters. The van der Waals surface area contributed by atoms with Gasteiger partial charge < -0.3 is 13.8 Å². The zero-order valence-electron chi connectivity index (χ0n) is 21.9. The summed E-state index contributed by atoms with van der Waals surface area (Å²) in [5, 5.41) is 14.2. The number of carbonyl (C=O) groups is 1. The first kappa shape index (κ1) is 25.8. The highest BCUT2D eigenvalue weighted by Crippen LogP contribution is 2.35. The van der Waals surface area contributed by atoms with Crippen LogP contribution in [0, 0.1) is 20.8 Å². The third-order valence-corrected chi connectivity index (χ3v) is 8.29. The summed E-state index contributed by atoms with van der Waals surface area (Å²) in [6, 6.07) is 9.29. The Morgan fingerprint density at radius 3 is 2.74 bits per heavy atom. The average molecular weight is 610 g/mol. The Labute approximate surface area is 238 Å². The molecule has 1 aliphatic rings. The van der Waals surface area contributed by atoms with E-state index in [2.05, 4.69) is 43.3 Å². The van der Waals surface area contributed by atoms with E-state index in [1.54, 1.807) is 4.68 Å². The first-order valence-electron chi connectivity index (χ1n) is 12.7. The number of pyridine rings is 1. The fraction of sp³-hybridized carbons (Fsp3) is 0.321. The largest absolute Gasteiger partial charge is 0.466 e. The van der Waals surface area contributed by atoms with Crippen molar-refractivity contribution < 1.29 is 13.7 Å². The van der Waals surface area contributed by atoms with Gasteiger partial charge in [-0.1, -0.05) is 22.0 Å². The van der Waals surface area contributed by atoms with Crippen molar-refractivity contribution in [3.63, 3.8) is 0 Å². The van der Waals surface area contributed by atoms with Crippen molar-refractivity contribution in [2.45, 2.75) is 52.5 Å². The van der Waals surface area contributed by atoms with E-state index in [-0.39, 0.29) is 17.9 Å². The molecular weight excluding hydrogens is 584 g/mol. The Morgan fingerprint density at radius 2 is 2.00 bits per heavy atom. The number of fused-ring (bicyclic) bond motifs is 1. The van der Waals surface area contributed by atoms with E-state index in [0.717, 1.165) is 45.8 Å². The van der Waals surface area contributed by atoms with Crippen molar-refractivity contribution in [3.05, 3.63) is 74.5 Å². The number of aromatic nitrogens is 5. The van der Waals surface area contributed by atoms with Crippen LogP contribution in [0.5, 0.6) is 0 Å². The van der Waals surface area contributed by atoms with Crippen LogP contribution in [0.2, 0.25) is 5.02 Å². The van der Waals surface area contributed by atoms with Crippen LogP contribution in [0.1, 0.15) is 58.9 Å². The summed E-state index contributed by atoms with van der Waals surface area (Å²) in [4.78, 5) is 20.6. The predicted molar refractivity (Wildman–Crippen MR) is 150 cm³/mol. The normalized spacial score (nSPS) is 17.7. The number of carbonyl (C=O) groups excluding carboxylic acids is 1. The third-order valence-electron chi connectivity index (χ3n) is 7.39. The van der Waals surface area contributed by atoms with Gasteiger partial charge in [0.2, 0.25) is 0 Å². The molecule has 5 heterocycles. The fourth-order valence-electron chi connectivity index (χ4n) is 5.43. The minimum absolute atomic E-state index is 0.0101. The van der Waals surface area contributed by atoms with Gasteiger partial charge in [-0.25, -0.2) is 9.67 Å². The number of hydrogen-bond acceptors (Lipinski definition) is 7. The highest BCUT2D eigenvalue weighted by atomic mass is 79.9. The average Bonchev–Trinajstić information content (AvgIpc) is 3.63. The molecule has 0 spiro atoms. The number of hydrogen-bond donors (Lipinski definition) is 0. The van der Waals surface area contributed by atoms with Crippen LogP contribution in [-0.4, -0.2) is 48.5 Å². The Morgan fingerprint density at radius 1 is 1.18 bits per heavy atom. The molecule has 6 rings (SSSR count). The fourth-order valence-corrected chi connectivity index (χ4v) is 6.02. The second-order valence-electron chi connectivity index (χ2n) is 10.1. The second kappa shape index (κ2) is 9.91. The molecule has 4 aromatic heterocycles. The summed E-state index contributed by atoms with van der Waals surface area (Å²) in [5.41, 5.74) is 4.70. The summed E-state index contributed by atoms with van der Waals surface area (Å²) in [6.45, 7) is 8.26. The van der Waals surface area contributed by atoms with Crippen LogP contribution in [-0.2, 0) is 0 Å². The summed E-state index contributed by atoms with van der Waals surface area (Å²) in [6.07, 6.45) is 3.49. The van der Waals surface area contributed by atoms with Crippen molar-refractivity contribution in [2.24, 2.45) is 0 Å². The second-order valence-corrected chi connectivity index (χ2v) is 11.4. The van der Waals surface area contributed by atoms with Gasteiger partial charge in [0, 0.05) is 33.6 Å². The maximum absolute atomic E-state index is 14.0. The molecule has 0 radical (unpaired) electrons. The van der Waals surface area contributed by atoms with Crippen LogP contribution in [0.3, 0.4) is 0 Å². The van der Waals surface area contributed by atoms with Gasteiger partial charge in [0.15, 0.2) is 0 Å². The minimum atomic E-state index is -0.0646. The number of nitrogens with zero attached hydrogens (tertiary/aromatic N) is 6. The lowest BCUT2D eigenvalue weighted by Crippen LogP contribution is -2.44. The van der Waals surface area contributed by atoms with Crippen molar-refractivity contribution in [2.75, 3.05) is 6.54 Å². The molecule has 0 aliphatic carbocycles. The topological polar surface area (TPSA) is 103 Å². The molecule has 1 fully saturated rings. The van der Waals surface area contributed by atoms with Gasteiger partial charge in [0.05, 0.1) is 39.9 Å². The Kier molecular flexibility index (Phi) is 6.55. The SMILES string of the molecule is Cc1cc(-c2cc(C(=O)N3CCC(c4cn(-c5cc(Cl)ccc5Br)nn4)CC3C)c3c(C)noc3n2)c(C)o1. The van der Waals surface area contributed by atoms with E-state index in [0.29, 0.717) is 39.6 Å². The number of halogens is 2. The first-order chi connectivity index (χ1) is 18.7. The number of aryl methyl sites for hydroxylation is 3. The predicted octanol–water partition coefficient (Wildman–Crippen LogP) is 6.81. The molecule has 9 nitrogen and oxygen atoms in total. The van der Waals surface area contributed by atoms with Gasteiger partial charge in [0.1, 0.15) is 11.5 Å². The lowest BCUT2D eigenvalue weighted by Gasteiger charge is -2.37. The van der Waals surface area contributed by atoms with Gasteiger partial charge in [-0.2, -0.15) is 0 Å². The maximum atomic E-state index is 14.0.